The van der Waals surface area contributed by atoms with Gasteiger partial charge in [-0.1, -0.05) is 12.1 Å². The Morgan fingerprint density at radius 3 is 2.79 bits per heavy atom. The number of carbonyl (C=O) groups is 1. The van der Waals surface area contributed by atoms with E-state index in [1.165, 1.54) is 6.07 Å². The number of nitrogens with zero attached hydrogens (tertiary/aromatic N) is 5. The molecule has 1 amide bonds. The lowest BCUT2D eigenvalue weighted by Gasteiger charge is -2.45. The van der Waals surface area contributed by atoms with E-state index in [2.05, 4.69) is 57.7 Å². The van der Waals surface area contributed by atoms with Crippen molar-refractivity contribution in [2.45, 2.75) is 45.2 Å². The minimum Gasteiger partial charge on any atom is -0.338 e. The fourth-order valence-electron chi connectivity index (χ4n) is 4.15. The number of rotatable bonds is 4. The van der Waals surface area contributed by atoms with Gasteiger partial charge < -0.3 is 10.2 Å². The Morgan fingerprint density at radius 1 is 1.29 bits per heavy atom. The second-order valence-corrected chi connectivity index (χ2v) is 8.27. The molecule has 2 aliphatic rings. The second kappa shape index (κ2) is 6.84. The molecule has 1 aromatic heterocycles. The normalized spacial score (nSPS) is 21.7. The average molecular weight is 386 g/mol. The molecule has 0 saturated carbocycles. The van der Waals surface area contributed by atoms with Crippen LogP contribution < -0.4 is 10.2 Å². The molecular weight excluding hydrogens is 359 g/mol. The van der Waals surface area contributed by atoms with Crippen molar-refractivity contribution >= 4 is 17.5 Å². The smallest absolute Gasteiger partial charge is 0.232 e. The van der Waals surface area contributed by atoms with E-state index in [0.29, 0.717) is 17.7 Å². The maximum absolute atomic E-state index is 14.0. The summed E-state index contributed by atoms with van der Waals surface area (Å²) in [7, 11) is 2.14. The summed E-state index contributed by atoms with van der Waals surface area (Å²) in [5.74, 6) is 0.568. The van der Waals surface area contributed by atoms with Gasteiger partial charge in [-0.05, 0) is 39.4 Å². The quantitative estimate of drug-likeness (QED) is 0.873. The van der Waals surface area contributed by atoms with Crippen LogP contribution in [0, 0.1) is 5.82 Å². The van der Waals surface area contributed by atoms with Gasteiger partial charge in [-0.25, -0.2) is 4.39 Å². The number of amides is 1. The Labute approximate surface area is 164 Å². The molecule has 0 spiro atoms. The summed E-state index contributed by atoms with van der Waals surface area (Å²) < 4.78 is 16.1. The molecule has 28 heavy (non-hydrogen) atoms. The zero-order chi connectivity index (χ0) is 20.1. The molecule has 1 atom stereocenters. The third-order valence-electron chi connectivity index (χ3n) is 6.10. The van der Waals surface area contributed by atoms with E-state index in [0.717, 1.165) is 38.0 Å². The molecule has 0 bridgehead atoms. The summed E-state index contributed by atoms with van der Waals surface area (Å²) in [4.78, 5) is 17.1. The number of fused-ring (bicyclic) bond motifs is 1. The Hall–Kier alpha value is -2.48. The number of anilines is 2. The first kappa shape index (κ1) is 18.9. The zero-order valence-electron chi connectivity index (χ0n) is 16.9. The van der Waals surface area contributed by atoms with E-state index < -0.39 is 11.7 Å². The van der Waals surface area contributed by atoms with Crippen LogP contribution in [0.1, 0.15) is 38.1 Å². The highest BCUT2D eigenvalue weighted by Crippen LogP contribution is 2.36. The van der Waals surface area contributed by atoms with Crippen LogP contribution in [0.3, 0.4) is 0 Å². The first-order chi connectivity index (χ1) is 13.3. The van der Waals surface area contributed by atoms with E-state index in [4.69, 9.17) is 0 Å². The Morgan fingerprint density at radius 2 is 2.07 bits per heavy atom. The van der Waals surface area contributed by atoms with Gasteiger partial charge in [0.1, 0.15) is 11.6 Å². The average Bonchev–Trinajstić information content (AvgIpc) is 3.20. The molecule has 1 saturated heterocycles. The van der Waals surface area contributed by atoms with Gasteiger partial charge in [-0.3, -0.25) is 14.3 Å². The lowest BCUT2D eigenvalue weighted by atomic mass is 9.97. The maximum atomic E-state index is 14.0. The SMILES string of the molecule is CCn1c(CC2C(=O)Nc3c(F)cccc32)nnc1N1CCN(C)C(C)(C)C1. The van der Waals surface area contributed by atoms with Gasteiger partial charge in [-0.2, -0.15) is 0 Å². The van der Waals surface area contributed by atoms with Gasteiger partial charge in [-0.15, -0.1) is 10.2 Å². The number of para-hydroxylation sites is 1. The molecule has 1 N–H and O–H groups in total. The van der Waals surface area contributed by atoms with Crippen LogP contribution in [-0.2, 0) is 17.8 Å². The number of carbonyl (C=O) groups excluding carboxylic acids is 1. The molecule has 1 aromatic carbocycles. The number of hydrogen-bond acceptors (Lipinski definition) is 5. The number of hydrogen-bond donors (Lipinski definition) is 1. The van der Waals surface area contributed by atoms with Crippen molar-refractivity contribution in [1.29, 1.82) is 0 Å². The fraction of sp³-hybridized carbons (Fsp3) is 0.550. The molecular formula is C20H27FN6O. The summed E-state index contributed by atoms with van der Waals surface area (Å²) in [5, 5.41) is 11.5. The van der Waals surface area contributed by atoms with Crippen LogP contribution in [0.4, 0.5) is 16.0 Å². The highest BCUT2D eigenvalue weighted by Gasteiger charge is 2.36. The molecule has 0 radical (unpaired) electrons. The molecule has 3 heterocycles. The molecule has 0 aliphatic carbocycles. The topological polar surface area (TPSA) is 66.3 Å². The standard InChI is InChI=1S/C20H27FN6O/c1-5-27-16(11-14-13-7-6-8-15(21)17(13)22-18(14)28)23-24-19(27)26-10-9-25(4)20(2,3)12-26/h6-8,14H,5,9-12H2,1-4H3,(H,22,28). The molecule has 7 nitrogen and oxygen atoms in total. The van der Waals surface area contributed by atoms with Crippen LogP contribution in [0.5, 0.6) is 0 Å². The lowest BCUT2D eigenvalue weighted by Crippen LogP contribution is -2.58. The molecule has 4 rings (SSSR count). The maximum Gasteiger partial charge on any atom is 0.232 e. The van der Waals surface area contributed by atoms with Gasteiger partial charge >= 0.3 is 0 Å². The molecule has 8 heteroatoms. The summed E-state index contributed by atoms with van der Waals surface area (Å²) in [6.45, 7) is 9.92. The van der Waals surface area contributed by atoms with E-state index in [1.807, 2.05) is 0 Å². The lowest BCUT2D eigenvalue weighted by molar-refractivity contribution is -0.117. The first-order valence-electron chi connectivity index (χ1n) is 9.79. The predicted octanol–water partition coefficient (Wildman–Crippen LogP) is 2.25. The summed E-state index contributed by atoms with van der Waals surface area (Å²) in [6, 6.07) is 4.81. The molecule has 2 aromatic rings. The van der Waals surface area contributed by atoms with Gasteiger partial charge in [0, 0.05) is 38.1 Å². The van der Waals surface area contributed by atoms with E-state index in [1.54, 1.807) is 12.1 Å². The number of piperazine rings is 1. The highest BCUT2D eigenvalue weighted by molar-refractivity contribution is 6.03. The minimum absolute atomic E-state index is 0.0464. The van der Waals surface area contributed by atoms with Gasteiger partial charge in [0.25, 0.3) is 0 Å². The van der Waals surface area contributed by atoms with Gasteiger partial charge in [0.2, 0.25) is 11.9 Å². The zero-order valence-corrected chi connectivity index (χ0v) is 16.9. The van der Waals surface area contributed by atoms with Crippen LogP contribution in [0.2, 0.25) is 0 Å². The summed E-state index contributed by atoms with van der Waals surface area (Å²) in [5.41, 5.74) is 1.03. The first-order valence-corrected chi connectivity index (χ1v) is 9.79. The number of halogens is 1. The van der Waals surface area contributed by atoms with Crippen molar-refractivity contribution in [2.24, 2.45) is 0 Å². The number of likely N-dealkylation sites (N-methyl/N-ethyl adjacent to an activating group) is 1. The van der Waals surface area contributed by atoms with Crippen molar-refractivity contribution in [2.75, 3.05) is 36.9 Å². The van der Waals surface area contributed by atoms with Gasteiger partial charge in [0.05, 0.1) is 11.6 Å². The second-order valence-electron chi connectivity index (χ2n) is 8.27. The molecule has 1 unspecified atom stereocenters. The van der Waals surface area contributed by atoms with E-state index in [9.17, 15) is 9.18 Å². The number of nitrogens with one attached hydrogen (secondary N) is 1. The predicted molar refractivity (Wildman–Crippen MR) is 106 cm³/mol. The molecule has 150 valence electrons. The highest BCUT2D eigenvalue weighted by atomic mass is 19.1. The number of aromatic nitrogens is 3. The molecule has 1 fully saturated rings. The summed E-state index contributed by atoms with van der Waals surface area (Å²) >= 11 is 0. The fourth-order valence-corrected chi connectivity index (χ4v) is 4.15. The van der Waals surface area contributed by atoms with Crippen molar-refractivity contribution in [3.8, 4) is 0 Å². The van der Waals surface area contributed by atoms with Crippen molar-refractivity contribution in [3.63, 3.8) is 0 Å². The molecule has 2 aliphatic heterocycles. The van der Waals surface area contributed by atoms with Crippen molar-refractivity contribution in [1.82, 2.24) is 19.7 Å². The third-order valence-corrected chi connectivity index (χ3v) is 6.10. The number of benzene rings is 1. The summed E-state index contributed by atoms with van der Waals surface area (Å²) in [6.07, 6.45) is 0.403. The van der Waals surface area contributed by atoms with Crippen LogP contribution >= 0.6 is 0 Å². The monoisotopic (exact) mass is 386 g/mol. The van der Waals surface area contributed by atoms with E-state index in [-0.39, 0.29) is 11.4 Å². The Balaban J connectivity index is 1.61. The van der Waals surface area contributed by atoms with E-state index >= 15 is 0 Å². The Bertz CT molecular complexity index is 908. The Kier molecular flexibility index (Phi) is 4.61. The third kappa shape index (κ3) is 3.05. The minimum atomic E-state index is -0.447. The largest absolute Gasteiger partial charge is 0.338 e. The van der Waals surface area contributed by atoms with Crippen molar-refractivity contribution in [3.05, 3.63) is 35.4 Å². The van der Waals surface area contributed by atoms with Crippen LogP contribution in [0.25, 0.3) is 0 Å². The van der Waals surface area contributed by atoms with Crippen LogP contribution in [0.15, 0.2) is 18.2 Å². The van der Waals surface area contributed by atoms with Crippen molar-refractivity contribution < 1.29 is 9.18 Å². The van der Waals surface area contributed by atoms with Gasteiger partial charge in [0.15, 0.2) is 0 Å². The van der Waals surface area contributed by atoms with Crippen LogP contribution in [-0.4, -0.2) is 57.8 Å².